The first-order chi connectivity index (χ1) is 16.4. The maximum Gasteiger partial charge on any atom is 0.321 e. The van der Waals surface area contributed by atoms with Crippen molar-refractivity contribution in [3.8, 4) is 0 Å². The van der Waals surface area contributed by atoms with Gasteiger partial charge < -0.3 is 10.0 Å². The van der Waals surface area contributed by atoms with Crippen LogP contribution in [0.15, 0.2) is 89.8 Å². The number of carbonyl (C=O) groups is 1. The van der Waals surface area contributed by atoms with Crippen molar-refractivity contribution in [2.45, 2.75) is 42.5 Å². The number of carboxylic acid groups (broad SMARTS) is 1. The van der Waals surface area contributed by atoms with Crippen LogP contribution in [0.1, 0.15) is 36.3 Å². The summed E-state index contributed by atoms with van der Waals surface area (Å²) >= 11 is 0. The zero-order chi connectivity index (χ0) is 24.0. The number of nitrogens with one attached hydrogen (secondary N) is 1. The van der Waals surface area contributed by atoms with Gasteiger partial charge in [0.05, 0.1) is 4.90 Å². The van der Waals surface area contributed by atoms with Gasteiger partial charge in [-0.1, -0.05) is 60.7 Å². The molecule has 34 heavy (non-hydrogen) atoms. The summed E-state index contributed by atoms with van der Waals surface area (Å²) in [5, 5.41) is 9.55. The minimum atomic E-state index is -3.95. The number of carboxylic acids is 1. The normalized spacial score (nSPS) is 15.7. The number of hydrogen-bond donors (Lipinski definition) is 2. The van der Waals surface area contributed by atoms with E-state index in [1.807, 2.05) is 36.4 Å². The predicted octanol–water partition coefficient (Wildman–Crippen LogP) is 4.43. The second kappa shape index (κ2) is 10.8. The summed E-state index contributed by atoms with van der Waals surface area (Å²) < 4.78 is 28.1. The molecule has 3 aromatic carbocycles. The van der Waals surface area contributed by atoms with Crippen LogP contribution in [0.3, 0.4) is 0 Å². The first-order valence-electron chi connectivity index (χ1n) is 11.6. The van der Waals surface area contributed by atoms with Gasteiger partial charge in [0.2, 0.25) is 10.0 Å². The van der Waals surface area contributed by atoms with E-state index in [0.717, 1.165) is 37.2 Å². The second-order valence-corrected chi connectivity index (χ2v) is 10.4. The van der Waals surface area contributed by atoms with Crippen LogP contribution in [0.25, 0.3) is 0 Å². The number of benzene rings is 3. The van der Waals surface area contributed by atoms with Crippen LogP contribution in [-0.2, 0) is 21.2 Å². The van der Waals surface area contributed by atoms with Crippen molar-refractivity contribution in [2.75, 3.05) is 18.0 Å². The maximum absolute atomic E-state index is 12.9. The van der Waals surface area contributed by atoms with Crippen LogP contribution in [0.4, 0.5) is 5.69 Å². The van der Waals surface area contributed by atoms with Crippen molar-refractivity contribution in [2.24, 2.45) is 0 Å². The van der Waals surface area contributed by atoms with E-state index in [-0.39, 0.29) is 11.3 Å². The van der Waals surface area contributed by atoms with Crippen LogP contribution in [0, 0.1) is 0 Å². The number of anilines is 1. The zero-order valence-electron chi connectivity index (χ0n) is 19.0. The Kier molecular flexibility index (Phi) is 7.65. The van der Waals surface area contributed by atoms with E-state index >= 15 is 0 Å². The highest BCUT2D eigenvalue weighted by Crippen LogP contribution is 2.30. The van der Waals surface area contributed by atoms with Crippen LogP contribution in [0.2, 0.25) is 0 Å². The molecule has 7 heteroatoms. The molecule has 1 aliphatic heterocycles. The van der Waals surface area contributed by atoms with E-state index < -0.39 is 22.0 Å². The molecule has 2 N–H and O–H groups in total. The van der Waals surface area contributed by atoms with Gasteiger partial charge in [-0.2, -0.15) is 4.72 Å². The highest BCUT2D eigenvalue weighted by atomic mass is 32.2. The fourth-order valence-corrected chi connectivity index (χ4v) is 5.70. The SMILES string of the molecule is O=C(O)C(CCc1ccccc1)NS(=O)(=O)c1ccc(N2CCC(c3ccccc3)CC2)cc1. The third-order valence-corrected chi connectivity index (χ3v) is 7.93. The van der Waals surface area contributed by atoms with Gasteiger partial charge in [0, 0.05) is 18.8 Å². The van der Waals surface area contributed by atoms with E-state index in [2.05, 4.69) is 33.9 Å². The largest absolute Gasteiger partial charge is 0.480 e. The molecule has 0 amide bonds. The molecule has 0 radical (unpaired) electrons. The summed E-state index contributed by atoms with van der Waals surface area (Å²) in [6, 6.07) is 25.5. The molecule has 1 atom stereocenters. The van der Waals surface area contributed by atoms with Crippen LogP contribution in [0.5, 0.6) is 0 Å². The number of sulfonamides is 1. The van der Waals surface area contributed by atoms with Crippen LogP contribution < -0.4 is 9.62 Å². The van der Waals surface area contributed by atoms with E-state index in [1.54, 1.807) is 24.3 Å². The summed E-state index contributed by atoms with van der Waals surface area (Å²) in [7, 11) is -3.95. The number of piperidine rings is 1. The lowest BCUT2D eigenvalue weighted by Gasteiger charge is -2.34. The minimum Gasteiger partial charge on any atom is -0.480 e. The summed E-state index contributed by atoms with van der Waals surface area (Å²) in [5.74, 6) is -0.637. The van der Waals surface area contributed by atoms with Crippen molar-refractivity contribution in [1.82, 2.24) is 4.72 Å². The monoisotopic (exact) mass is 478 g/mol. The van der Waals surface area contributed by atoms with Crippen molar-refractivity contribution < 1.29 is 18.3 Å². The van der Waals surface area contributed by atoms with Gasteiger partial charge >= 0.3 is 5.97 Å². The van der Waals surface area contributed by atoms with Crippen molar-refractivity contribution in [1.29, 1.82) is 0 Å². The summed E-state index contributed by atoms with van der Waals surface area (Å²) in [5.41, 5.74) is 3.31. The third kappa shape index (κ3) is 6.04. The van der Waals surface area contributed by atoms with E-state index in [0.29, 0.717) is 12.3 Å². The highest BCUT2D eigenvalue weighted by Gasteiger charge is 2.26. The van der Waals surface area contributed by atoms with Crippen LogP contribution >= 0.6 is 0 Å². The average Bonchev–Trinajstić information content (AvgIpc) is 2.88. The Morgan fingerprint density at radius 2 is 1.50 bits per heavy atom. The van der Waals surface area contributed by atoms with Gasteiger partial charge in [-0.3, -0.25) is 4.79 Å². The number of rotatable bonds is 9. The number of hydrogen-bond acceptors (Lipinski definition) is 4. The lowest BCUT2D eigenvalue weighted by atomic mass is 9.89. The number of nitrogens with zero attached hydrogens (tertiary/aromatic N) is 1. The Balaban J connectivity index is 1.36. The first-order valence-corrected chi connectivity index (χ1v) is 13.1. The molecule has 1 unspecified atom stereocenters. The number of aryl methyl sites for hydroxylation is 1. The van der Waals surface area contributed by atoms with Gasteiger partial charge in [-0.15, -0.1) is 0 Å². The molecule has 1 saturated heterocycles. The molecule has 0 saturated carbocycles. The number of aliphatic carboxylic acids is 1. The Morgan fingerprint density at radius 3 is 2.09 bits per heavy atom. The van der Waals surface area contributed by atoms with Gasteiger partial charge in [0.1, 0.15) is 6.04 Å². The van der Waals surface area contributed by atoms with Gasteiger partial charge in [0.15, 0.2) is 0 Å². The van der Waals surface area contributed by atoms with Crippen molar-refractivity contribution >= 4 is 21.7 Å². The first kappa shape index (κ1) is 24.0. The zero-order valence-corrected chi connectivity index (χ0v) is 19.8. The Morgan fingerprint density at radius 1 is 0.912 bits per heavy atom. The van der Waals surface area contributed by atoms with E-state index in [1.165, 1.54) is 5.56 Å². The standard InChI is InChI=1S/C27H30N2O4S/c30-27(31)26(16-11-21-7-3-1-4-8-21)28-34(32,33)25-14-12-24(13-15-25)29-19-17-23(18-20-29)22-9-5-2-6-10-22/h1-10,12-15,23,26,28H,11,16-20H2,(H,30,31). The highest BCUT2D eigenvalue weighted by molar-refractivity contribution is 7.89. The quantitative estimate of drug-likeness (QED) is 0.475. The molecular weight excluding hydrogens is 448 g/mol. The van der Waals surface area contributed by atoms with E-state index in [9.17, 15) is 18.3 Å². The molecular formula is C27H30N2O4S. The lowest BCUT2D eigenvalue weighted by molar-refractivity contribution is -0.139. The van der Waals surface area contributed by atoms with E-state index in [4.69, 9.17) is 0 Å². The molecule has 0 spiro atoms. The predicted molar refractivity (Wildman–Crippen MR) is 134 cm³/mol. The summed E-state index contributed by atoms with van der Waals surface area (Å²) in [4.78, 5) is 14.0. The van der Waals surface area contributed by atoms with Crippen molar-refractivity contribution in [3.63, 3.8) is 0 Å². The lowest BCUT2D eigenvalue weighted by Crippen LogP contribution is -2.41. The average molecular weight is 479 g/mol. The molecule has 1 fully saturated rings. The molecule has 6 nitrogen and oxygen atoms in total. The fourth-order valence-electron chi connectivity index (χ4n) is 4.48. The third-order valence-electron chi connectivity index (χ3n) is 6.44. The van der Waals surface area contributed by atoms with Gasteiger partial charge in [-0.25, -0.2) is 8.42 Å². The minimum absolute atomic E-state index is 0.0707. The Hall–Kier alpha value is -3.16. The topological polar surface area (TPSA) is 86.7 Å². The Labute approximate surface area is 201 Å². The maximum atomic E-state index is 12.9. The molecule has 3 aromatic rings. The van der Waals surface area contributed by atoms with Crippen molar-refractivity contribution in [3.05, 3.63) is 96.1 Å². The van der Waals surface area contributed by atoms with Gasteiger partial charge in [0.25, 0.3) is 0 Å². The smallest absolute Gasteiger partial charge is 0.321 e. The summed E-state index contributed by atoms with van der Waals surface area (Å²) in [6.07, 6.45) is 2.74. The van der Waals surface area contributed by atoms with Gasteiger partial charge in [-0.05, 0) is 67.0 Å². The Bertz CT molecular complexity index is 1170. The molecule has 1 aliphatic rings. The van der Waals surface area contributed by atoms with Crippen LogP contribution in [-0.4, -0.2) is 38.6 Å². The molecule has 4 rings (SSSR count). The molecule has 0 aliphatic carbocycles. The molecule has 0 bridgehead atoms. The second-order valence-electron chi connectivity index (χ2n) is 8.70. The summed E-state index contributed by atoms with van der Waals surface area (Å²) in [6.45, 7) is 1.81. The fraction of sp³-hybridized carbons (Fsp3) is 0.296. The molecule has 1 heterocycles. The molecule has 178 valence electrons. The molecule has 0 aromatic heterocycles.